The number of unbranched alkanes of at least 4 members (excludes halogenated alkanes) is 10. The summed E-state index contributed by atoms with van der Waals surface area (Å²) in [5, 5.41) is 0. The van der Waals surface area contributed by atoms with Gasteiger partial charge in [0.05, 0.1) is 0 Å². The summed E-state index contributed by atoms with van der Waals surface area (Å²) >= 11 is 0. The lowest BCUT2D eigenvalue weighted by Crippen LogP contribution is -2.35. The third-order valence-corrected chi connectivity index (χ3v) is 5.59. The molecule has 1 aromatic rings. The number of anilines is 1. The summed E-state index contributed by atoms with van der Waals surface area (Å²) in [5.41, 5.74) is 9.24. The van der Waals surface area contributed by atoms with E-state index < -0.39 is 0 Å². The number of nitrogen functional groups attached to an aromatic ring is 1. The minimum atomic E-state index is 0.323. The van der Waals surface area contributed by atoms with E-state index in [0.29, 0.717) is 12.3 Å². The number of rotatable bonds is 12. The zero-order chi connectivity index (χ0) is 18.6. The summed E-state index contributed by atoms with van der Waals surface area (Å²) in [6.07, 6.45) is 16.2. The monoisotopic (exact) mass is 358 g/mol. The Morgan fingerprint density at radius 1 is 0.923 bits per heavy atom. The highest BCUT2D eigenvalue weighted by atomic mass is 16.2. The van der Waals surface area contributed by atoms with E-state index in [-0.39, 0.29) is 0 Å². The zero-order valence-electron chi connectivity index (χ0n) is 16.8. The van der Waals surface area contributed by atoms with Crippen LogP contribution in [-0.4, -0.2) is 17.4 Å². The van der Waals surface area contributed by atoms with Crippen molar-refractivity contribution in [3.05, 3.63) is 29.3 Å². The lowest BCUT2D eigenvalue weighted by molar-refractivity contribution is -0.132. The topological polar surface area (TPSA) is 46.3 Å². The van der Waals surface area contributed by atoms with Crippen molar-refractivity contribution in [3.8, 4) is 0 Å². The van der Waals surface area contributed by atoms with Crippen LogP contribution in [0.2, 0.25) is 0 Å². The smallest absolute Gasteiger partial charge is 0.222 e. The van der Waals surface area contributed by atoms with Crippen molar-refractivity contribution < 1.29 is 4.79 Å². The summed E-state index contributed by atoms with van der Waals surface area (Å²) in [4.78, 5) is 14.5. The van der Waals surface area contributed by atoms with E-state index in [0.717, 1.165) is 31.6 Å². The number of benzene rings is 1. The van der Waals surface area contributed by atoms with Crippen molar-refractivity contribution >= 4 is 11.6 Å². The molecule has 0 spiro atoms. The number of fused-ring (bicyclic) bond motifs is 1. The van der Waals surface area contributed by atoms with Crippen LogP contribution in [0.5, 0.6) is 0 Å². The standard InChI is InChI=1S/C23H38N2O/c1-2-3-4-5-6-7-8-9-10-11-12-13-23(26)25-17-16-20-18-22(24)15-14-21(20)19-25/h14-15,18H,2-13,16-17,19,24H2,1H3. The average molecular weight is 359 g/mol. The fourth-order valence-corrected chi connectivity index (χ4v) is 3.88. The first-order chi connectivity index (χ1) is 12.7. The maximum atomic E-state index is 12.4. The summed E-state index contributed by atoms with van der Waals surface area (Å²) in [5.74, 6) is 0.323. The third kappa shape index (κ3) is 7.39. The Bertz CT molecular complexity index is 541. The molecule has 0 saturated carbocycles. The lowest BCUT2D eigenvalue weighted by atomic mass is 9.98. The van der Waals surface area contributed by atoms with Gasteiger partial charge in [0.15, 0.2) is 0 Å². The second-order valence-corrected chi connectivity index (χ2v) is 7.88. The molecule has 1 amide bonds. The molecule has 1 aliphatic heterocycles. The van der Waals surface area contributed by atoms with Gasteiger partial charge in [-0.3, -0.25) is 4.79 Å². The van der Waals surface area contributed by atoms with Crippen LogP contribution in [0.15, 0.2) is 18.2 Å². The molecular formula is C23H38N2O. The van der Waals surface area contributed by atoms with E-state index in [4.69, 9.17) is 5.73 Å². The van der Waals surface area contributed by atoms with E-state index in [1.807, 2.05) is 11.0 Å². The van der Waals surface area contributed by atoms with Crippen LogP contribution in [-0.2, 0) is 17.8 Å². The SMILES string of the molecule is CCCCCCCCCCCCCC(=O)N1CCc2cc(N)ccc2C1. The van der Waals surface area contributed by atoms with Gasteiger partial charge in [-0.2, -0.15) is 0 Å². The first kappa shape index (κ1) is 20.8. The number of carbonyl (C=O) groups excluding carboxylic acids is 1. The molecular weight excluding hydrogens is 320 g/mol. The molecule has 0 aliphatic carbocycles. The highest BCUT2D eigenvalue weighted by Crippen LogP contribution is 2.22. The molecule has 0 atom stereocenters. The Morgan fingerprint density at radius 2 is 1.54 bits per heavy atom. The molecule has 0 saturated heterocycles. The van der Waals surface area contributed by atoms with E-state index >= 15 is 0 Å². The van der Waals surface area contributed by atoms with E-state index in [2.05, 4.69) is 19.1 Å². The van der Waals surface area contributed by atoms with Crippen molar-refractivity contribution in [3.63, 3.8) is 0 Å². The number of nitrogens with two attached hydrogens (primary N) is 1. The number of hydrogen-bond donors (Lipinski definition) is 1. The molecule has 0 radical (unpaired) electrons. The van der Waals surface area contributed by atoms with Gasteiger partial charge >= 0.3 is 0 Å². The van der Waals surface area contributed by atoms with Gasteiger partial charge in [-0.1, -0.05) is 77.2 Å². The van der Waals surface area contributed by atoms with Crippen molar-refractivity contribution in [2.24, 2.45) is 0 Å². The summed E-state index contributed by atoms with van der Waals surface area (Å²) in [6.45, 7) is 3.87. The first-order valence-electron chi connectivity index (χ1n) is 10.9. The molecule has 0 aromatic heterocycles. The van der Waals surface area contributed by atoms with E-state index in [1.165, 1.54) is 75.3 Å². The molecule has 3 nitrogen and oxygen atoms in total. The summed E-state index contributed by atoms with van der Waals surface area (Å²) < 4.78 is 0. The first-order valence-corrected chi connectivity index (χ1v) is 10.9. The zero-order valence-corrected chi connectivity index (χ0v) is 16.8. The highest BCUT2D eigenvalue weighted by Gasteiger charge is 2.20. The van der Waals surface area contributed by atoms with E-state index in [9.17, 15) is 4.79 Å². The van der Waals surface area contributed by atoms with Crippen LogP contribution in [0.1, 0.15) is 95.1 Å². The predicted octanol–water partition coefficient (Wildman–Crippen LogP) is 5.85. The molecule has 0 bridgehead atoms. The highest BCUT2D eigenvalue weighted by molar-refractivity contribution is 5.76. The van der Waals surface area contributed by atoms with Crippen molar-refractivity contribution in [2.75, 3.05) is 12.3 Å². The Kier molecular flexibility index (Phi) is 9.58. The molecule has 3 heteroatoms. The minimum Gasteiger partial charge on any atom is -0.399 e. The van der Waals surface area contributed by atoms with Crippen molar-refractivity contribution in [2.45, 2.75) is 96.9 Å². The minimum absolute atomic E-state index is 0.323. The summed E-state index contributed by atoms with van der Waals surface area (Å²) in [6, 6.07) is 6.07. The molecule has 1 aromatic carbocycles. The molecule has 0 fully saturated rings. The normalized spacial score (nSPS) is 13.7. The van der Waals surface area contributed by atoms with Crippen LogP contribution in [0.25, 0.3) is 0 Å². The number of amides is 1. The van der Waals surface area contributed by atoms with Gasteiger partial charge in [-0.15, -0.1) is 0 Å². The van der Waals surface area contributed by atoms with Gasteiger partial charge in [-0.05, 0) is 36.1 Å². The van der Waals surface area contributed by atoms with Gasteiger partial charge in [0.1, 0.15) is 0 Å². The molecule has 1 heterocycles. The second kappa shape index (κ2) is 12.0. The van der Waals surface area contributed by atoms with Crippen LogP contribution in [0.3, 0.4) is 0 Å². The predicted molar refractivity (Wildman–Crippen MR) is 111 cm³/mol. The fourth-order valence-electron chi connectivity index (χ4n) is 3.88. The molecule has 2 N–H and O–H groups in total. The van der Waals surface area contributed by atoms with Crippen LogP contribution >= 0.6 is 0 Å². The molecule has 2 rings (SSSR count). The van der Waals surface area contributed by atoms with Gasteiger partial charge in [0.2, 0.25) is 5.91 Å². The Balaban J connectivity index is 1.50. The lowest BCUT2D eigenvalue weighted by Gasteiger charge is -2.29. The van der Waals surface area contributed by atoms with Gasteiger partial charge < -0.3 is 10.6 Å². The Labute approximate surface area is 160 Å². The number of hydrogen-bond acceptors (Lipinski definition) is 2. The van der Waals surface area contributed by atoms with Crippen LogP contribution in [0.4, 0.5) is 5.69 Å². The molecule has 0 unspecified atom stereocenters. The van der Waals surface area contributed by atoms with Crippen molar-refractivity contribution in [1.29, 1.82) is 0 Å². The van der Waals surface area contributed by atoms with Gasteiger partial charge in [-0.25, -0.2) is 0 Å². The van der Waals surface area contributed by atoms with Crippen molar-refractivity contribution in [1.82, 2.24) is 4.90 Å². The quantitative estimate of drug-likeness (QED) is 0.376. The van der Waals surface area contributed by atoms with Gasteiger partial charge in [0, 0.05) is 25.2 Å². The van der Waals surface area contributed by atoms with E-state index in [1.54, 1.807) is 0 Å². The largest absolute Gasteiger partial charge is 0.399 e. The Hall–Kier alpha value is -1.51. The number of nitrogens with zero attached hydrogens (tertiary/aromatic N) is 1. The molecule has 26 heavy (non-hydrogen) atoms. The van der Waals surface area contributed by atoms with Gasteiger partial charge in [0.25, 0.3) is 0 Å². The number of carbonyl (C=O) groups is 1. The Morgan fingerprint density at radius 3 is 2.19 bits per heavy atom. The maximum Gasteiger partial charge on any atom is 0.222 e. The average Bonchev–Trinajstić information content (AvgIpc) is 2.65. The summed E-state index contributed by atoms with van der Waals surface area (Å²) in [7, 11) is 0. The molecule has 146 valence electrons. The third-order valence-electron chi connectivity index (χ3n) is 5.59. The second-order valence-electron chi connectivity index (χ2n) is 7.88. The maximum absolute atomic E-state index is 12.4. The van der Waals surface area contributed by atoms with Crippen LogP contribution in [0, 0.1) is 0 Å². The van der Waals surface area contributed by atoms with Crippen LogP contribution < -0.4 is 5.73 Å². The fraction of sp³-hybridized carbons (Fsp3) is 0.696. The molecule has 1 aliphatic rings.